The summed E-state index contributed by atoms with van der Waals surface area (Å²) in [7, 11) is -2.63. The Hall–Kier alpha value is -2.23. The zero-order chi connectivity index (χ0) is 21.3. The van der Waals surface area contributed by atoms with Gasteiger partial charge in [0.2, 0.25) is 10.0 Å². The highest BCUT2D eigenvalue weighted by Gasteiger charge is 2.41. The van der Waals surface area contributed by atoms with Gasteiger partial charge in [-0.25, -0.2) is 13.1 Å². The molecule has 2 aliphatic rings. The minimum absolute atomic E-state index is 0.168. The van der Waals surface area contributed by atoms with Crippen LogP contribution in [0.2, 0.25) is 0 Å². The molecule has 0 saturated carbocycles. The standard InChI is InChI=1S/C21H27N3O5S/c1-15-8-9-19(30(26,27)23-12-5-6-18(23)21(25)28-2)16(14-15)17-10-11-22-24(17)20-7-3-4-13-29-20/h8-11,14,18,20H,3-7,12-13H2,1-2H3/t18-,20?/m0/s1. The van der Waals surface area contributed by atoms with Crippen molar-refractivity contribution in [1.29, 1.82) is 0 Å². The highest BCUT2D eigenvalue weighted by atomic mass is 32.2. The molecule has 30 heavy (non-hydrogen) atoms. The van der Waals surface area contributed by atoms with Crippen molar-refractivity contribution in [2.45, 2.75) is 56.2 Å². The first-order chi connectivity index (χ1) is 14.4. The predicted octanol–water partition coefficient (Wildman–Crippen LogP) is 2.88. The molecule has 2 saturated heterocycles. The van der Waals surface area contributed by atoms with Gasteiger partial charge in [-0.15, -0.1) is 0 Å². The van der Waals surface area contributed by atoms with E-state index in [1.165, 1.54) is 11.4 Å². The fraction of sp³-hybridized carbons (Fsp3) is 0.524. The maximum atomic E-state index is 13.6. The Morgan fingerprint density at radius 2 is 2.03 bits per heavy atom. The minimum atomic E-state index is -3.91. The van der Waals surface area contributed by atoms with Crippen LogP contribution in [0.5, 0.6) is 0 Å². The number of nitrogens with zero attached hydrogens (tertiary/aromatic N) is 3. The average Bonchev–Trinajstić information content (AvgIpc) is 3.43. The fourth-order valence-electron chi connectivity index (χ4n) is 4.27. The SMILES string of the molecule is COC(=O)[C@@H]1CCCN1S(=O)(=O)c1ccc(C)cc1-c1ccnn1C1CCCCO1. The number of carbonyl (C=O) groups is 1. The minimum Gasteiger partial charge on any atom is -0.468 e. The van der Waals surface area contributed by atoms with E-state index in [0.717, 1.165) is 24.8 Å². The first-order valence-electron chi connectivity index (χ1n) is 10.3. The normalized spacial score (nSPS) is 22.9. The van der Waals surface area contributed by atoms with Gasteiger partial charge in [-0.3, -0.25) is 4.79 Å². The number of methoxy groups -OCH3 is 1. The summed E-state index contributed by atoms with van der Waals surface area (Å²) in [5.74, 6) is -0.523. The summed E-state index contributed by atoms with van der Waals surface area (Å²) in [6.45, 7) is 2.88. The average molecular weight is 434 g/mol. The molecule has 1 aromatic heterocycles. The van der Waals surface area contributed by atoms with Crippen molar-refractivity contribution in [3.8, 4) is 11.3 Å². The molecule has 0 radical (unpaired) electrons. The van der Waals surface area contributed by atoms with Crippen LogP contribution in [0.25, 0.3) is 11.3 Å². The van der Waals surface area contributed by atoms with Gasteiger partial charge in [-0.05, 0) is 57.2 Å². The number of hydrogen-bond acceptors (Lipinski definition) is 6. The van der Waals surface area contributed by atoms with Crippen LogP contribution >= 0.6 is 0 Å². The lowest BCUT2D eigenvalue weighted by Crippen LogP contribution is -2.41. The second-order valence-corrected chi connectivity index (χ2v) is 9.64. The van der Waals surface area contributed by atoms with Gasteiger partial charge in [0.1, 0.15) is 6.04 Å². The highest BCUT2D eigenvalue weighted by Crippen LogP contribution is 2.36. The number of aryl methyl sites for hydroxylation is 1. The van der Waals surface area contributed by atoms with Gasteiger partial charge in [0, 0.05) is 24.9 Å². The van der Waals surface area contributed by atoms with Gasteiger partial charge in [0.25, 0.3) is 0 Å². The van der Waals surface area contributed by atoms with Crippen LogP contribution < -0.4 is 0 Å². The number of ether oxygens (including phenoxy) is 2. The number of esters is 1. The summed E-state index contributed by atoms with van der Waals surface area (Å²) in [5.41, 5.74) is 2.20. The van der Waals surface area contributed by atoms with Crippen molar-refractivity contribution in [3.05, 3.63) is 36.0 Å². The predicted molar refractivity (Wildman–Crippen MR) is 110 cm³/mol. The molecular formula is C21H27N3O5S. The number of rotatable bonds is 5. The Balaban J connectivity index is 1.79. The summed E-state index contributed by atoms with van der Waals surface area (Å²) >= 11 is 0. The largest absolute Gasteiger partial charge is 0.468 e. The molecule has 4 rings (SSSR count). The molecule has 8 nitrogen and oxygen atoms in total. The monoisotopic (exact) mass is 433 g/mol. The van der Waals surface area contributed by atoms with Crippen molar-refractivity contribution in [2.24, 2.45) is 0 Å². The second kappa shape index (κ2) is 8.49. The molecule has 0 bridgehead atoms. The summed E-state index contributed by atoms with van der Waals surface area (Å²) < 4.78 is 41.0. The molecule has 3 heterocycles. The molecule has 0 N–H and O–H groups in total. The van der Waals surface area contributed by atoms with Crippen molar-refractivity contribution in [3.63, 3.8) is 0 Å². The molecule has 1 aromatic carbocycles. The van der Waals surface area contributed by atoms with Gasteiger partial charge in [-0.1, -0.05) is 11.6 Å². The Morgan fingerprint density at radius 1 is 1.20 bits per heavy atom. The van der Waals surface area contributed by atoms with Crippen LogP contribution in [0.4, 0.5) is 0 Å². The quantitative estimate of drug-likeness (QED) is 0.674. The van der Waals surface area contributed by atoms with Gasteiger partial charge in [0.15, 0.2) is 6.23 Å². The molecule has 0 aliphatic carbocycles. The van der Waals surface area contributed by atoms with Gasteiger partial charge >= 0.3 is 5.97 Å². The maximum absolute atomic E-state index is 13.6. The molecule has 2 fully saturated rings. The van der Waals surface area contributed by atoms with Crippen LogP contribution in [-0.2, 0) is 24.3 Å². The van der Waals surface area contributed by atoms with E-state index in [2.05, 4.69) is 5.10 Å². The number of aromatic nitrogens is 2. The lowest BCUT2D eigenvalue weighted by Gasteiger charge is -2.26. The first-order valence-corrected chi connectivity index (χ1v) is 11.7. The Kier molecular flexibility index (Phi) is 5.95. The molecule has 2 aliphatic heterocycles. The van der Waals surface area contributed by atoms with E-state index in [-0.39, 0.29) is 11.1 Å². The van der Waals surface area contributed by atoms with Crippen molar-refractivity contribution < 1.29 is 22.7 Å². The summed E-state index contributed by atoms with van der Waals surface area (Å²) in [5, 5.41) is 4.43. The molecule has 162 valence electrons. The number of carbonyl (C=O) groups excluding carboxylic acids is 1. The third kappa shape index (κ3) is 3.77. The van der Waals surface area contributed by atoms with E-state index in [9.17, 15) is 13.2 Å². The van der Waals surface area contributed by atoms with Crippen LogP contribution in [0.15, 0.2) is 35.4 Å². The molecule has 1 unspecified atom stereocenters. The Morgan fingerprint density at radius 3 is 2.77 bits per heavy atom. The third-order valence-electron chi connectivity index (χ3n) is 5.77. The Labute approximate surface area is 176 Å². The number of benzene rings is 1. The number of sulfonamides is 1. The summed E-state index contributed by atoms with van der Waals surface area (Å²) in [6.07, 6.45) is 5.42. The van der Waals surface area contributed by atoms with Gasteiger partial charge in [-0.2, -0.15) is 9.40 Å². The molecule has 0 amide bonds. The van der Waals surface area contributed by atoms with Crippen LogP contribution in [0, 0.1) is 6.92 Å². The molecular weight excluding hydrogens is 406 g/mol. The molecule has 2 aromatic rings. The topological polar surface area (TPSA) is 90.7 Å². The van der Waals surface area contributed by atoms with Crippen molar-refractivity contribution >= 4 is 16.0 Å². The lowest BCUT2D eigenvalue weighted by molar-refractivity contribution is -0.144. The number of hydrogen-bond donors (Lipinski definition) is 0. The Bertz CT molecular complexity index is 1030. The summed E-state index contributed by atoms with van der Waals surface area (Å²) in [6, 6.07) is 6.27. The molecule has 0 spiro atoms. The second-order valence-electron chi connectivity index (χ2n) is 7.78. The van der Waals surface area contributed by atoms with E-state index in [1.54, 1.807) is 23.0 Å². The maximum Gasteiger partial charge on any atom is 0.324 e. The van der Waals surface area contributed by atoms with Gasteiger partial charge in [0.05, 0.1) is 17.7 Å². The van der Waals surface area contributed by atoms with E-state index in [0.29, 0.717) is 37.3 Å². The van der Waals surface area contributed by atoms with E-state index in [1.807, 2.05) is 19.1 Å². The van der Waals surface area contributed by atoms with Crippen molar-refractivity contribution in [2.75, 3.05) is 20.3 Å². The van der Waals surface area contributed by atoms with Crippen LogP contribution in [-0.4, -0.2) is 54.8 Å². The molecule has 9 heteroatoms. The lowest BCUT2D eigenvalue weighted by atomic mass is 10.1. The smallest absolute Gasteiger partial charge is 0.324 e. The van der Waals surface area contributed by atoms with Gasteiger partial charge < -0.3 is 9.47 Å². The molecule has 2 atom stereocenters. The highest BCUT2D eigenvalue weighted by molar-refractivity contribution is 7.89. The van der Waals surface area contributed by atoms with E-state index >= 15 is 0 Å². The van der Waals surface area contributed by atoms with Crippen LogP contribution in [0.1, 0.15) is 43.9 Å². The fourth-order valence-corrected chi connectivity index (χ4v) is 6.10. The zero-order valence-corrected chi connectivity index (χ0v) is 18.1. The van der Waals surface area contributed by atoms with E-state index in [4.69, 9.17) is 9.47 Å². The zero-order valence-electron chi connectivity index (χ0n) is 17.3. The van der Waals surface area contributed by atoms with Crippen LogP contribution in [0.3, 0.4) is 0 Å². The van der Waals surface area contributed by atoms with Crippen molar-refractivity contribution in [1.82, 2.24) is 14.1 Å². The summed E-state index contributed by atoms with van der Waals surface area (Å²) in [4.78, 5) is 12.3. The first kappa shape index (κ1) is 21.0. The van der Waals surface area contributed by atoms with E-state index < -0.39 is 22.0 Å². The third-order valence-corrected chi connectivity index (χ3v) is 7.74.